The Morgan fingerprint density at radius 1 is 1.44 bits per heavy atom. The third kappa shape index (κ3) is 2.77. The zero-order valence-corrected chi connectivity index (χ0v) is 11.2. The van der Waals surface area contributed by atoms with Crippen LogP contribution >= 0.6 is 15.9 Å². The maximum Gasteiger partial charge on any atom is 0.416 e. The first-order valence-corrected chi connectivity index (χ1v) is 5.72. The van der Waals surface area contributed by atoms with E-state index in [1.165, 1.54) is 6.92 Å². The van der Waals surface area contributed by atoms with Crippen LogP contribution in [0, 0.1) is 0 Å². The highest BCUT2D eigenvalue weighted by molar-refractivity contribution is 9.10. The van der Waals surface area contributed by atoms with Crippen molar-refractivity contribution in [2.24, 2.45) is 0 Å². The first kappa shape index (κ1) is 14.8. The zero-order valence-electron chi connectivity index (χ0n) is 9.64. The molecule has 3 nitrogen and oxygen atoms in total. The van der Waals surface area contributed by atoms with Crippen LogP contribution in [0.15, 0.2) is 16.6 Å². The van der Waals surface area contributed by atoms with Gasteiger partial charge in [-0.2, -0.15) is 13.2 Å². The van der Waals surface area contributed by atoms with E-state index in [2.05, 4.69) is 20.7 Å². The molecule has 0 bridgehead atoms. The minimum atomic E-state index is -4.56. The highest BCUT2D eigenvalue weighted by Crippen LogP contribution is 2.41. The third-order valence-electron chi connectivity index (χ3n) is 2.50. The lowest BCUT2D eigenvalue weighted by Gasteiger charge is -2.19. The lowest BCUT2D eigenvalue weighted by atomic mass is 9.94. The Hall–Kier alpha value is -1.24. The Balaban J connectivity index is 3.48. The Kier molecular flexibility index (Phi) is 4.26. The highest BCUT2D eigenvalue weighted by atomic mass is 79.9. The summed E-state index contributed by atoms with van der Waals surface area (Å²) in [4.78, 5) is 11.4. The summed E-state index contributed by atoms with van der Waals surface area (Å²) in [6, 6.07) is 2.00. The van der Waals surface area contributed by atoms with Crippen molar-refractivity contribution in [1.82, 2.24) is 0 Å². The van der Waals surface area contributed by atoms with E-state index in [9.17, 15) is 18.0 Å². The van der Waals surface area contributed by atoms with Gasteiger partial charge in [0.2, 0.25) is 0 Å². The second-order valence-electron chi connectivity index (χ2n) is 3.67. The molecule has 0 fully saturated rings. The van der Waals surface area contributed by atoms with Crippen LogP contribution in [-0.2, 0) is 15.7 Å². The molecule has 0 heterocycles. The molecule has 0 aliphatic heterocycles. The normalized spacial score (nSPS) is 13.2. The number of hydrogen-bond donors (Lipinski definition) is 1. The predicted octanol–water partition coefficient (Wildman–Crippen LogP) is 3.33. The number of rotatable bonds is 2. The number of hydrogen-bond acceptors (Lipinski definition) is 3. The van der Waals surface area contributed by atoms with Gasteiger partial charge >= 0.3 is 12.1 Å². The molecule has 0 spiro atoms. The average molecular weight is 326 g/mol. The summed E-state index contributed by atoms with van der Waals surface area (Å²) in [5.41, 5.74) is 4.56. The van der Waals surface area contributed by atoms with Gasteiger partial charge in [0.15, 0.2) is 0 Å². The van der Waals surface area contributed by atoms with E-state index >= 15 is 0 Å². The zero-order chi connectivity index (χ0) is 14.1. The van der Waals surface area contributed by atoms with Gasteiger partial charge < -0.3 is 10.5 Å². The second kappa shape index (κ2) is 5.17. The maximum absolute atomic E-state index is 12.9. The molecule has 1 rings (SSSR count). The summed E-state index contributed by atoms with van der Waals surface area (Å²) >= 11 is 2.99. The number of benzene rings is 1. The largest absolute Gasteiger partial charge is 0.469 e. The van der Waals surface area contributed by atoms with Gasteiger partial charge in [-0.15, -0.1) is 0 Å². The Labute approximate surface area is 110 Å². The fourth-order valence-electron chi connectivity index (χ4n) is 1.57. The number of anilines is 1. The number of methoxy groups -OCH3 is 1. The first-order valence-electron chi connectivity index (χ1n) is 4.93. The number of carbonyl (C=O) groups excluding carboxylic acids is 1. The van der Waals surface area contributed by atoms with E-state index in [1.807, 2.05) is 0 Å². The second-order valence-corrected chi connectivity index (χ2v) is 4.47. The van der Waals surface area contributed by atoms with Gasteiger partial charge in [-0.3, -0.25) is 4.79 Å². The number of nitrogens with two attached hydrogens (primary N) is 1. The van der Waals surface area contributed by atoms with Gasteiger partial charge in [-0.05, 0) is 40.5 Å². The monoisotopic (exact) mass is 325 g/mol. The summed E-state index contributed by atoms with van der Waals surface area (Å²) in [7, 11) is 1.12. The number of halogens is 4. The third-order valence-corrected chi connectivity index (χ3v) is 3.39. The number of esters is 1. The fourth-order valence-corrected chi connectivity index (χ4v) is 2.26. The number of alkyl halides is 3. The van der Waals surface area contributed by atoms with E-state index in [0.717, 1.165) is 19.2 Å². The molecule has 0 aliphatic carbocycles. The molecular formula is C11H11BrF3NO2. The van der Waals surface area contributed by atoms with Crippen LogP contribution in [0.25, 0.3) is 0 Å². The van der Waals surface area contributed by atoms with E-state index in [-0.39, 0.29) is 15.7 Å². The molecule has 0 unspecified atom stereocenters. The molecule has 1 aromatic carbocycles. The minimum Gasteiger partial charge on any atom is -0.469 e. The van der Waals surface area contributed by atoms with Crippen LogP contribution in [-0.4, -0.2) is 13.1 Å². The van der Waals surface area contributed by atoms with E-state index < -0.39 is 23.6 Å². The van der Waals surface area contributed by atoms with Crippen molar-refractivity contribution in [1.29, 1.82) is 0 Å². The van der Waals surface area contributed by atoms with Crippen molar-refractivity contribution in [3.63, 3.8) is 0 Å². The van der Waals surface area contributed by atoms with Gasteiger partial charge in [-0.1, -0.05) is 0 Å². The van der Waals surface area contributed by atoms with Crippen LogP contribution in [0.5, 0.6) is 0 Å². The molecule has 0 amide bonds. The molecule has 0 aliphatic rings. The first-order chi connectivity index (χ1) is 8.20. The fraction of sp³-hybridized carbons (Fsp3) is 0.364. The molecule has 1 aromatic rings. The van der Waals surface area contributed by atoms with Gasteiger partial charge in [0.1, 0.15) is 0 Å². The number of ether oxygens (including phenoxy) is 1. The van der Waals surface area contributed by atoms with Crippen LogP contribution in [0.4, 0.5) is 18.9 Å². The molecule has 0 saturated carbocycles. The van der Waals surface area contributed by atoms with Gasteiger partial charge in [0, 0.05) is 10.2 Å². The SMILES string of the molecule is COC(=O)[C@@H](C)c1c(C(F)(F)F)ccc(N)c1Br. The molecule has 1 atom stereocenters. The predicted molar refractivity (Wildman–Crippen MR) is 64.0 cm³/mol. The quantitative estimate of drug-likeness (QED) is 0.670. The standard InChI is InChI=1S/C11H11BrF3NO2/c1-5(10(17)18-2)8-6(11(13,14)15)3-4-7(16)9(8)12/h3-5H,16H2,1-2H3/t5-/m0/s1. The van der Waals surface area contributed by atoms with Crippen molar-refractivity contribution in [3.8, 4) is 0 Å². The van der Waals surface area contributed by atoms with Crippen molar-refractivity contribution < 1.29 is 22.7 Å². The van der Waals surface area contributed by atoms with Gasteiger partial charge in [0.25, 0.3) is 0 Å². The molecule has 2 N–H and O–H groups in total. The van der Waals surface area contributed by atoms with E-state index in [4.69, 9.17) is 5.73 Å². The van der Waals surface area contributed by atoms with Gasteiger partial charge in [0.05, 0.1) is 18.6 Å². The van der Waals surface area contributed by atoms with Crippen LogP contribution in [0.2, 0.25) is 0 Å². The Morgan fingerprint density at radius 2 is 2.00 bits per heavy atom. The Morgan fingerprint density at radius 3 is 2.44 bits per heavy atom. The Bertz CT molecular complexity index is 474. The summed E-state index contributed by atoms with van der Waals surface area (Å²) in [6.07, 6.45) is -4.56. The van der Waals surface area contributed by atoms with Crippen LogP contribution < -0.4 is 5.73 Å². The van der Waals surface area contributed by atoms with Crippen LogP contribution in [0.1, 0.15) is 24.0 Å². The molecule has 18 heavy (non-hydrogen) atoms. The number of carbonyl (C=O) groups is 1. The average Bonchev–Trinajstić information content (AvgIpc) is 2.29. The highest BCUT2D eigenvalue weighted by Gasteiger charge is 2.37. The van der Waals surface area contributed by atoms with Crippen molar-refractivity contribution in [2.45, 2.75) is 19.0 Å². The lowest BCUT2D eigenvalue weighted by Crippen LogP contribution is -2.18. The molecule has 0 aromatic heterocycles. The topological polar surface area (TPSA) is 52.3 Å². The smallest absolute Gasteiger partial charge is 0.416 e. The van der Waals surface area contributed by atoms with Gasteiger partial charge in [-0.25, -0.2) is 0 Å². The lowest BCUT2D eigenvalue weighted by molar-refractivity contribution is -0.143. The molecular weight excluding hydrogens is 315 g/mol. The minimum absolute atomic E-state index is 0.0650. The van der Waals surface area contributed by atoms with E-state index in [0.29, 0.717) is 0 Å². The van der Waals surface area contributed by atoms with Crippen molar-refractivity contribution in [2.75, 3.05) is 12.8 Å². The number of nitrogen functional groups attached to an aromatic ring is 1. The van der Waals surface area contributed by atoms with Crippen molar-refractivity contribution in [3.05, 3.63) is 27.7 Å². The maximum atomic E-state index is 12.9. The molecule has 0 radical (unpaired) electrons. The summed E-state index contributed by atoms with van der Waals surface area (Å²) in [5, 5.41) is 0. The van der Waals surface area contributed by atoms with E-state index in [1.54, 1.807) is 0 Å². The van der Waals surface area contributed by atoms with Crippen molar-refractivity contribution >= 4 is 27.6 Å². The molecule has 0 saturated heterocycles. The summed E-state index contributed by atoms with van der Waals surface area (Å²) in [5.74, 6) is -1.82. The molecule has 100 valence electrons. The summed E-state index contributed by atoms with van der Waals surface area (Å²) < 4.78 is 43.1. The summed E-state index contributed by atoms with van der Waals surface area (Å²) in [6.45, 7) is 1.33. The van der Waals surface area contributed by atoms with Crippen LogP contribution in [0.3, 0.4) is 0 Å². The molecule has 7 heteroatoms.